The van der Waals surface area contributed by atoms with Gasteiger partial charge in [-0.25, -0.2) is 15.0 Å². The Balaban J connectivity index is 2.10. The van der Waals surface area contributed by atoms with Gasteiger partial charge in [-0.3, -0.25) is 0 Å². The molecule has 0 saturated carbocycles. The number of benzene rings is 1. The van der Waals surface area contributed by atoms with Crippen LogP contribution in [0.15, 0.2) is 36.5 Å². The lowest BCUT2D eigenvalue weighted by molar-refractivity contribution is -0.137. The fraction of sp³-hybridized carbons (Fsp3) is 0.235. The van der Waals surface area contributed by atoms with E-state index in [0.29, 0.717) is 10.8 Å². The minimum Gasteiger partial charge on any atom is -0.375 e. The molecule has 2 aromatic heterocycles. The highest BCUT2D eigenvalue weighted by Gasteiger charge is 2.34. The molecule has 0 aliphatic rings. The monoisotopic (exact) mass is 364 g/mol. The Morgan fingerprint density at radius 3 is 2.60 bits per heavy atom. The molecule has 8 heteroatoms. The van der Waals surface area contributed by atoms with Crippen LogP contribution in [0.5, 0.6) is 0 Å². The van der Waals surface area contributed by atoms with Gasteiger partial charge in [0.2, 0.25) is 0 Å². The van der Waals surface area contributed by atoms with Crippen LogP contribution in [0.2, 0.25) is 0 Å². The predicted octanol–water partition coefficient (Wildman–Crippen LogP) is 4.82. The van der Waals surface area contributed by atoms with E-state index in [0.717, 1.165) is 29.5 Å². The minimum atomic E-state index is -4.47. The Morgan fingerprint density at radius 2 is 1.88 bits per heavy atom. The topological polar surface area (TPSA) is 64.7 Å². The number of nitrogen functional groups attached to an aromatic ring is 1. The summed E-state index contributed by atoms with van der Waals surface area (Å²) >= 11 is 1.28. The normalized spacial score (nSPS) is 11.7. The Morgan fingerprint density at radius 1 is 1.12 bits per heavy atom. The Hall–Kier alpha value is -2.48. The van der Waals surface area contributed by atoms with Crippen LogP contribution in [0, 0.1) is 0 Å². The minimum absolute atomic E-state index is 0.0276. The maximum absolute atomic E-state index is 13.2. The number of aryl methyl sites for hydroxylation is 1. The lowest BCUT2D eigenvalue weighted by Gasteiger charge is -2.12. The van der Waals surface area contributed by atoms with Crippen LogP contribution in [0.1, 0.15) is 24.6 Å². The van der Waals surface area contributed by atoms with Crippen LogP contribution in [0.3, 0.4) is 0 Å². The second-order valence-electron chi connectivity index (χ2n) is 5.39. The number of aromatic nitrogens is 3. The molecule has 0 unspecified atom stereocenters. The zero-order chi connectivity index (χ0) is 18.0. The number of rotatable bonds is 4. The van der Waals surface area contributed by atoms with Crippen molar-refractivity contribution in [2.45, 2.75) is 25.9 Å². The largest absolute Gasteiger partial charge is 0.417 e. The molecule has 0 aliphatic heterocycles. The smallest absolute Gasteiger partial charge is 0.375 e. The predicted molar refractivity (Wildman–Crippen MR) is 92.0 cm³/mol. The first-order valence-electron chi connectivity index (χ1n) is 7.65. The van der Waals surface area contributed by atoms with Crippen molar-refractivity contribution in [2.75, 3.05) is 5.73 Å². The van der Waals surface area contributed by atoms with Crippen LogP contribution in [-0.4, -0.2) is 15.0 Å². The quantitative estimate of drug-likeness (QED) is 0.721. The number of halogens is 3. The number of nitrogens with zero attached hydrogens (tertiary/aromatic N) is 3. The first kappa shape index (κ1) is 17.3. The third-order valence-electron chi connectivity index (χ3n) is 3.56. The molecule has 1 aromatic carbocycles. The first-order chi connectivity index (χ1) is 11.9. The molecule has 25 heavy (non-hydrogen) atoms. The second-order valence-corrected chi connectivity index (χ2v) is 6.42. The van der Waals surface area contributed by atoms with Crippen molar-refractivity contribution in [2.24, 2.45) is 0 Å². The van der Waals surface area contributed by atoms with Crippen LogP contribution < -0.4 is 5.73 Å². The van der Waals surface area contributed by atoms with Gasteiger partial charge in [0.1, 0.15) is 0 Å². The number of anilines is 1. The molecule has 0 aliphatic carbocycles. The molecule has 0 radical (unpaired) electrons. The average Bonchev–Trinajstić information content (AvgIpc) is 2.95. The first-order valence-corrected chi connectivity index (χ1v) is 8.47. The van der Waals surface area contributed by atoms with Gasteiger partial charge in [-0.15, -0.1) is 0 Å². The van der Waals surface area contributed by atoms with Gasteiger partial charge in [0.15, 0.2) is 11.0 Å². The number of thiazole rings is 1. The van der Waals surface area contributed by atoms with Gasteiger partial charge < -0.3 is 5.73 Å². The van der Waals surface area contributed by atoms with Gasteiger partial charge in [-0.05, 0) is 18.6 Å². The summed E-state index contributed by atoms with van der Waals surface area (Å²) < 4.78 is 39.7. The zero-order valence-corrected chi connectivity index (χ0v) is 14.2. The van der Waals surface area contributed by atoms with Crippen LogP contribution in [0.25, 0.3) is 22.0 Å². The summed E-state index contributed by atoms with van der Waals surface area (Å²) in [5, 5.41) is 0.411. The summed E-state index contributed by atoms with van der Waals surface area (Å²) in [6.45, 7) is 2.02. The van der Waals surface area contributed by atoms with Gasteiger partial charge in [0.25, 0.3) is 0 Å². The third kappa shape index (κ3) is 3.63. The van der Waals surface area contributed by atoms with E-state index in [2.05, 4.69) is 15.0 Å². The fourth-order valence-electron chi connectivity index (χ4n) is 2.52. The highest BCUT2D eigenvalue weighted by molar-refractivity contribution is 7.18. The molecule has 0 atom stereocenters. The van der Waals surface area contributed by atoms with Crippen LogP contribution in [0.4, 0.5) is 18.3 Å². The number of nitrogens with two attached hydrogens (primary N) is 1. The Bertz CT molecular complexity index is 890. The molecule has 0 fully saturated rings. The van der Waals surface area contributed by atoms with Crippen molar-refractivity contribution in [1.29, 1.82) is 0 Å². The summed E-state index contributed by atoms with van der Waals surface area (Å²) in [6.07, 6.45) is -1.42. The van der Waals surface area contributed by atoms with E-state index in [-0.39, 0.29) is 11.4 Å². The van der Waals surface area contributed by atoms with Crippen molar-refractivity contribution in [1.82, 2.24) is 15.0 Å². The van der Waals surface area contributed by atoms with Crippen LogP contribution in [-0.2, 0) is 12.6 Å². The molecule has 130 valence electrons. The van der Waals surface area contributed by atoms with Gasteiger partial charge in [0, 0.05) is 11.8 Å². The van der Waals surface area contributed by atoms with E-state index in [1.807, 2.05) is 6.92 Å². The van der Waals surface area contributed by atoms with Gasteiger partial charge >= 0.3 is 6.18 Å². The van der Waals surface area contributed by atoms with Crippen molar-refractivity contribution in [3.8, 4) is 22.0 Å². The SMILES string of the molecule is CCCc1nc(N)sc1-c1ccnc(-c2ccccc2C(F)(F)F)n1. The van der Waals surface area contributed by atoms with Gasteiger partial charge in [0.05, 0.1) is 21.8 Å². The highest BCUT2D eigenvalue weighted by atomic mass is 32.1. The molecular weight excluding hydrogens is 349 g/mol. The maximum Gasteiger partial charge on any atom is 0.417 e. The number of alkyl halides is 3. The maximum atomic E-state index is 13.2. The molecule has 4 nitrogen and oxygen atoms in total. The molecular formula is C17H15F3N4S. The standard InChI is InChI=1S/C17H15F3N4S/c1-2-5-12-14(25-16(21)24-12)13-8-9-22-15(23-13)10-6-3-4-7-11(10)17(18,19)20/h3-4,6-9H,2,5H2,1H3,(H2,21,24). The molecule has 0 amide bonds. The summed E-state index contributed by atoms with van der Waals surface area (Å²) in [5.74, 6) is 0.0276. The molecule has 3 aromatic rings. The summed E-state index contributed by atoms with van der Waals surface area (Å²) in [4.78, 5) is 13.4. The Kier molecular flexibility index (Phi) is 4.71. The van der Waals surface area contributed by atoms with Crippen molar-refractivity contribution in [3.05, 3.63) is 47.8 Å². The van der Waals surface area contributed by atoms with Crippen molar-refractivity contribution < 1.29 is 13.2 Å². The third-order valence-corrected chi connectivity index (χ3v) is 4.51. The van der Waals surface area contributed by atoms with Crippen molar-refractivity contribution >= 4 is 16.5 Å². The van der Waals surface area contributed by atoms with E-state index < -0.39 is 11.7 Å². The fourth-order valence-corrected chi connectivity index (χ4v) is 3.37. The molecule has 0 bridgehead atoms. The lowest BCUT2D eigenvalue weighted by atomic mass is 10.1. The number of hydrogen-bond donors (Lipinski definition) is 1. The van der Waals surface area contributed by atoms with E-state index in [1.165, 1.54) is 35.7 Å². The van der Waals surface area contributed by atoms with Crippen molar-refractivity contribution in [3.63, 3.8) is 0 Å². The van der Waals surface area contributed by atoms with Gasteiger partial charge in [-0.2, -0.15) is 13.2 Å². The van der Waals surface area contributed by atoms with Crippen LogP contribution >= 0.6 is 11.3 Å². The number of hydrogen-bond acceptors (Lipinski definition) is 5. The van der Waals surface area contributed by atoms with E-state index >= 15 is 0 Å². The summed E-state index contributed by atoms with van der Waals surface area (Å²) in [7, 11) is 0. The summed E-state index contributed by atoms with van der Waals surface area (Å²) in [5.41, 5.74) is 6.32. The van der Waals surface area contributed by atoms with E-state index in [4.69, 9.17) is 5.73 Å². The molecule has 2 N–H and O–H groups in total. The average molecular weight is 364 g/mol. The summed E-state index contributed by atoms with van der Waals surface area (Å²) in [6, 6.07) is 6.94. The second kappa shape index (κ2) is 6.79. The lowest BCUT2D eigenvalue weighted by Crippen LogP contribution is -2.08. The van der Waals surface area contributed by atoms with E-state index in [9.17, 15) is 13.2 Å². The van der Waals surface area contributed by atoms with E-state index in [1.54, 1.807) is 6.07 Å². The molecule has 0 spiro atoms. The molecule has 0 saturated heterocycles. The Labute approximate surface area is 146 Å². The highest BCUT2D eigenvalue weighted by Crippen LogP contribution is 2.37. The molecule has 3 rings (SSSR count). The molecule has 2 heterocycles. The van der Waals surface area contributed by atoms with Gasteiger partial charge in [-0.1, -0.05) is 42.9 Å². The zero-order valence-electron chi connectivity index (χ0n) is 13.3.